The molecule has 3 heteroatoms. The molecule has 0 saturated heterocycles. The van der Waals surface area contributed by atoms with Crippen LogP contribution in [0.2, 0.25) is 0 Å². The Hall–Kier alpha value is -0.960. The van der Waals surface area contributed by atoms with E-state index in [-0.39, 0.29) is 5.95 Å². The minimum Gasteiger partial charge on any atom is -0.381 e. The van der Waals surface area contributed by atoms with Crippen molar-refractivity contribution in [3.05, 3.63) is 29.8 Å². The average Bonchev–Trinajstić information content (AvgIpc) is 2.30. The minimum absolute atomic E-state index is 0.307. The molecule has 1 saturated carbocycles. The Labute approximate surface area is 89.5 Å². The minimum atomic E-state index is -0.307. The maximum absolute atomic E-state index is 13.4. The molecule has 82 valence electrons. The Balaban J connectivity index is 2.04. The molecule has 0 N–H and O–H groups in total. The number of pyridine rings is 1. The number of hydrogen-bond acceptors (Lipinski definition) is 2. The molecular weight excluding hydrogens is 193 g/mol. The predicted octanol–water partition coefficient (Wildman–Crippen LogP) is 2.89. The molecule has 1 fully saturated rings. The fraction of sp³-hybridized carbons (Fsp3) is 0.583. The normalized spacial score (nSPS) is 26.5. The van der Waals surface area contributed by atoms with Gasteiger partial charge in [0, 0.05) is 18.9 Å². The lowest BCUT2D eigenvalue weighted by molar-refractivity contribution is 0.0655. The van der Waals surface area contributed by atoms with Crippen LogP contribution in [-0.2, 0) is 4.74 Å². The van der Waals surface area contributed by atoms with Gasteiger partial charge in [0.15, 0.2) is 0 Å². The highest BCUT2D eigenvalue weighted by Crippen LogP contribution is 2.34. The van der Waals surface area contributed by atoms with Crippen LogP contribution in [0.5, 0.6) is 0 Å². The maximum Gasteiger partial charge on any atom is 0.216 e. The van der Waals surface area contributed by atoms with Gasteiger partial charge in [-0.15, -0.1) is 0 Å². The summed E-state index contributed by atoms with van der Waals surface area (Å²) in [6.07, 6.45) is 5.91. The highest BCUT2D eigenvalue weighted by atomic mass is 19.1. The Morgan fingerprint density at radius 2 is 2.07 bits per heavy atom. The summed E-state index contributed by atoms with van der Waals surface area (Å²) in [5, 5.41) is 0. The molecule has 1 aliphatic carbocycles. The molecular formula is C12H16FNO. The molecule has 0 atom stereocenters. The summed E-state index contributed by atoms with van der Waals surface area (Å²) in [7, 11) is 1.75. The van der Waals surface area contributed by atoms with Crippen LogP contribution in [0.15, 0.2) is 18.3 Å². The van der Waals surface area contributed by atoms with Crippen LogP contribution in [0.3, 0.4) is 0 Å². The fourth-order valence-corrected chi connectivity index (χ4v) is 2.31. The molecule has 0 radical (unpaired) electrons. The van der Waals surface area contributed by atoms with Gasteiger partial charge in [-0.05, 0) is 37.7 Å². The quantitative estimate of drug-likeness (QED) is 0.699. The van der Waals surface area contributed by atoms with Crippen molar-refractivity contribution in [3.8, 4) is 0 Å². The van der Waals surface area contributed by atoms with Crippen LogP contribution in [0, 0.1) is 5.95 Å². The van der Waals surface area contributed by atoms with Crippen molar-refractivity contribution in [2.24, 2.45) is 0 Å². The van der Waals surface area contributed by atoms with E-state index in [0.717, 1.165) is 31.2 Å². The van der Waals surface area contributed by atoms with Gasteiger partial charge >= 0.3 is 0 Å². The van der Waals surface area contributed by atoms with Crippen molar-refractivity contribution < 1.29 is 9.13 Å². The third kappa shape index (κ3) is 2.34. The molecule has 2 nitrogen and oxygen atoms in total. The van der Waals surface area contributed by atoms with Gasteiger partial charge in [-0.25, -0.2) is 4.98 Å². The predicted molar refractivity (Wildman–Crippen MR) is 56.2 cm³/mol. The topological polar surface area (TPSA) is 22.1 Å². The van der Waals surface area contributed by atoms with Crippen LogP contribution in [-0.4, -0.2) is 18.2 Å². The summed E-state index contributed by atoms with van der Waals surface area (Å²) in [5.41, 5.74) is 0.770. The Kier molecular flexibility index (Phi) is 3.31. The third-order valence-electron chi connectivity index (χ3n) is 3.24. The van der Waals surface area contributed by atoms with Crippen molar-refractivity contribution in [1.82, 2.24) is 4.98 Å². The van der Waals surface area contributed by atoms with E-state index < -0.39 is 0 Å². The lowest BCUT2D eigenvalue weighted by Crippen LogP contribution is -2.20. The molecule has 0 aromatic carbocycles. The fourth-order valence-electron chi connectivity index (χ4n) is 2.31. The molecule has 0 spiro atoms. The average molecular weight is 209 g/mol. The van der Waals surface area contributed by atoms with Gasteiger partial charge in [0.2, 0.25) is 5.95 Å². The van der Waals surface area contributed by atoms with Crippen molar-refractivity contribution in [3.63, 3.8) is 0 Å². The zero-order chi connectivity index (χ0) is 10.7. The molecule has 0 unspecified atom stereocenters. The van der Waals surface area contributed by atoms with E-state index in [1.807, 2.05) is 6.07 Å². The number of nitrogens with zero attached hydrogens (tertiary/aromatic N) is 1. The SMILES string of the molecule is COC1CCC(c2cccnc2F)CC1. The zero-order valence-electron chi connectivity index (χ0n) is 8.95. The number of hydrogen-bond donors (Lipinski definition) is 0. The lowest BCUT2D eigenvalue weighted by Gasteiger charge is -2.27. The second-order valence-electron chi connectivity index (χ2n) is 4.09. The first-order valence-corrected chi connectivity index (χ1v) is 5.44. The van der Waals surface area contributed by atoms with E-state index in [9.17, 15) is 4.39 Å². The standard InChI is InChI=1S/C12H16FNO/c1-15-10-6-4-9(5-7-10)11-3-2-8-14-12(11)13/h2-3,8-10H,4-7H2,1H3. The molecule has 0 bridgehead atoms. The van der Waals surface area contributed by atoms with Crippen LogP contribution < -0.4 is 0 Å². The van der Waals surface area contributed by atoms with Gasteiger partial charge in [-0.2, -0.15) is 4.39 Å². The number of halogens is 1. The number of ether oxygens (including phenoxy) is 1. The summed E-state index contributed by atoms with van der Waals surface area (Å²) in [6, 6.07) is 3.65. The van der Waals surface area contributed by atoms with E-state index >= 15 is 0 Å². The van der Waals surface area contributed by atoms with Gasteiger partial charge < -0.3 is 4.74 Å². The Morgan fingerprint density at radius 1 is 1.33 bits per heavy atom. The largest absolute Gasteiger partial charge is 0.381 e. The van der Waals surface area contributed by atoms with E-state index in [1.54, 1.807) is 13.2 Å². The highest BCUT2D eigenvalue weighted by molar-refractivity contribution is 5.17. The van der Waals surface area contributed by atoms with Gasteiger partial charge in [0.25, 0.3) is 0 Å². The maximum atomic E-state index is 13.4. The molecule has 0 aliphatic heterocycles. The monoisotopic (exact) mass is 209 g/mol. The van der Waals surface area contributed by atoms with Gasteiger partial charge in [-0.3, -0.25) is 0 Å². The second kappa shape index (κ2) is 4.71. The van der Waals surface area contributed by atoms with E-state index in [2.05, 4.69) is 4.98 Å². The summed E-state index contributed by atoms with van der Waals surface area (Å²) < 4.78 is 18.7. The van der Waals surface area contributed by atoms with Crippen molar-refractivity contribution in [2.45, 2.75) is 37.7 Å². The molecule has 2 rings (SSSR count). The zero-order valence-corrected chi connectivity index (χ0v) is 8.95. The molecule has 1 aromatic heterocycles. The summed E-state index contributed by atoms with van der Waals surface area (Å²) in [4.78, 5) is 3.70. The molecule has 1 aromatic rings. The number of aromatic nitrogens is 1. The number of rotatable bonds is 2. The van der Waals surface area contributed by atoms with Crippen molar-refractivity contribution >= 4 is 0 Å². The summed E-state index contributed by atoms with van der Waals surface area (Å²) in [6.45, 7) is 0. The van der Waals surface area contributed by atoms with E-state index in [4.69, 9.17) is 4.74 Å². The molecule has 0 amide bonds. The van der Waals surface area contributed by atoms with Crippen LogP contribution in [0.4, 0.5) is 4.39 Å². The first-order valence-electron chi connectivity index (χ1n) is 5.44. The first-order chi connectivity index (χ1) is 7.31. The van der Waals surface area contributed by atoms with Crippen LogP contribution in [0.1, 0.15) is 37.2 Å². The summed E-state index contributed by atoms with van der Waals surface area (Å²) >= 11 is 0. The Bertz CT molecular complexity index is 321. The van der Waals surface area contributed by atoms with Gasteiger partial charge in [0.05, 0.1) is 6.10 Å². The van der Waals surface area contributed by atoms with Crippen LogP contribution >= 0.6 is 0 Å². The molecule has 1 heterocycles. The van der Waals surface area contributed by atoms with E-state index in [1.165, 1.54) is 6.20 Å². The molecule has 15 heavy (non-hydrogen) atoms. The van der Waals surface area contributed by atoms with Gasteiger partial charge in [0.1, 0.15) is 0 Å². The lowest BCUT2D eigenvalue weighted by atomic mass is 9.83. The van der Waals surface area contributed by atoms with E-state index in [0.29, 0.717) is 12.0 Å². The second-order valence-corrected chi connectivity index (χ2v) is 4.09. The van der Waals surface area contributed by atoms with Crippen LogP contribution in [0.25, 0.3) is 0 Å². The van der Waals surface area contributed by atoms with Gasteiger partial charge in [-0.1, -0.05) is 6.07 Å². The summed E-state index contributed by atoms with van der Waals surface area (Å²) in [5.74, 6) is 0.0171. The molecule has 1 aliphatic rings. The van der Waals surface area contributed by atoms with Crippen molar-refractivity contribution in [1.29, 1.82) is 0 Å². The van der Waals surface area contributed by atoms with Crippen molar-refractivity contribution in [2.75, 3.05) is 7.11 Å². The first kappa shape index (κ1) is 10.6. The smallest absolute Gasteiger partial charge is 0.216 e. The Morgan fingerprint density at radius 3 is 2.67 bits per heavy atom. The highest BCUT2D eigenvalue weighted by Gasteiger charge is 2.24. The number of methoxy groups -OCH3 is 1. The third-order valence-corrected chi connectivity index (χ3v) is 3.24.